The predicted molar refractivity (Wildman–Crippen MR) is 93.6 cm³/mol. The van der Waals surface area contributed by atoms with Gasteiger partial charge in [-0.3, -0.25) is 4.79 Å². The van der Waals surface area contributed by atoms with Crippen LogP contribution in [0, 0.1) is 5.92 Å². The Morgan fingerprint density at radius 3 is 2.74 bits per heavy atom. The quantitative estimate of drug-likeness (QED) is 0.815. The minimum absolute atomic E-state index is 0. The van der Waals surface area contributed by atoms with Gasteiger partial charge in [-0.2, -0.15) is 0 Å². The Hall–Kier alpha value is -1.17. The summed E-state index contributed by atoms with van der Waals surface area (Å²) in [5.74, 6) is 1.18. The maximum atomic E-state index is 12.1. The lowest BCUT2D eigenvalue weighted by molar-refractivity contribution is -0.125. The van der Waals surface area contributed by atoms with Crippen LogP contribution in [0.1, 0.15) is 31.7 Å². The summed E-state index contributed by atoms with van der Waals surface area (Å²) in [6.45, 7) is 2.80. The number of methoxy groups -OCH3 is 1. The van der Waals surface area contributed by atoms with Crippen LogP contribution < -0.4 is 20.5 Å². The zero-order chi connectivity index (χ0) is 16.1. The molecule has 0 spiro atoms. The van der Waals surface area contributed by atoms with Gasteiger partial charge in [0, 0.05) is 18.5 Å². The molecule has 23 heavy (non-hydrogen) atoms. The summed E-state index contributed by atoms with van der Waals surface area (Å²) >= 11 is 6.22. The third-order valence-corrected chi connectivity index (χ3v) is 4.17. The number of hydrogen-bond donors (Lipinski definition) is 2. The van der Waals surface area contributed by atoms with Crippen LogP contribution in [0.5, 0.6) is 11.5 Å². The minimum Gasteiger partial charge on any atom is -0.493 e. The van der Waals surface area contributed by atoms with E-state index < -0.39 is 0 Å². The summed E-state index contributed by atoms with van der Waals surface area (Å²) in [5.41, 5.74) is 6.72. The van der Waals surface area contributed by atoms with E-state index in [4.69, 9.17) is 26.8 Å². The molecule has 0 bridgehead atoms. The molecule has 0 aliphatic heterocycles. The van der Waals surface area contributed by atoms with Crippen LogP contribution >= 0.6 is 24.0 Å². The van der Waals surface area contributed by atoms with Crippen molar-refractivity contribution in [2.45, 2.75) is 38.8 Å². The van der Waals surface area contributed by atoms with Gasteiger partial charge in [0.05, 0.1) is 18.7 Å². The van der Waals surface area contributed by atoms with Crippen molar-refractivity contribution in [3.05, 3.63) is 22.7 Å². The van der Waals surface area contributed by atoms with Crippen LogP contribution in [0.15, 0.2) is 12.1 Å². The topological polar surface area (TPSA) is 73.6 Å². The molecule has 1 aliphatic carbocycles. The first-order valence-corrected chi connectivity index (χ1v) is 7.95. The molecule has 2 rings (SSSR count). The van der Waals surface area contributed by atoms with E-state index in [1.165, 1.54) is 0 Å². The molecule has 0 aromatic heterocycles. The average Bonchev–Trinajstić information content (AvgIpc) is 2.93. The zero-order valence-corrected chi connectivity index (χ0v) is 15.0. The number of carbonyl (C=O) groups is 1. The number of rotatable bonds is 6. The van der Waals surface area contributed by atoms with Crippen LogP contribution in [0.3, 0.4) is 0 Å². The number of ether oxygens (including phenoxy) is 2. The number of nitrogens with one attached hydrogen (secondary N) is 1. The molecule has 1 aliphatic rings. The summed E-state index contributed by atoms with van der Waals surface area (Å²) in [4.78, 5) is 12.1. The minimum atomic E-state index is 0. The second-order valence-electron chi connectivity index (χ2n) is 5.53. The molecule has 7 heteroatoms. The Morgan fingerprint density at radius 1 is 1.43 bits per heavy atom. The fraction of sp³-hybridized carbons (Fsp3) is 0.562. The monoisotopic (exact) mass is 362 g/mol. The van der Waals surface area contributed by atoms with Crippen molar-refractivity contribution in [2.75, 3.05) is 13.7 Å². The number of benzene rings is 1. The van der Waals surface area contributed by atoms with E-state index in [1.54, 1.807) is 13.2 Å². The van der Waals surface area contributed by atoms with Gasteiger partial charge in [-0.15, -0.1) is 12.4 Å². The number of hydrogen-bond acceptors (Lipinski definition) is 4. The number of amides is 1. The number of carbonyl (C=O) groups excluding carboxylic acids is 1. The molecule has 0 heterocycles. The molecule has 130 valence electrons. The van der Waals surface area contributed by atoms with E-state index >= 15 is 0 Å². The van der Waals surface area contributed by atoms with Crippen molar-refractivity contribution in [3.63, 3.8) is 0 Å². The molecule has 1 aromatic carbocycles. The Kier molecular flexibility index (Phi) is 7.95. The molecule has 2 unspecified atom stereocenters. The summed E-state index contributed by atoms with van der Waals surface area (Å²) < 4.78 is 10.8. The number of halogens is 2. The van der Waals surface area contributed by atoms with Crippen molar-refractivity contribution in [2.24, 2.45) is 11.7 Å². The van der Waals surface area contributed by atoms with Gasteiger partial charge in [0.15, 0.2) is 11.5 Å². The molecule has 1 amide bonds. The maximum absolute atomic E-state index is 12.1. The van der Waals surface area contributed by atoms with Crippen molar-refractivity contribution >= 4 is 29.9 Å². The molecule has 1 saturated carbocycles. The smallest absolute Gasteiger partial charge is 0.223 e. The molecule has 0 radical (unpaired) electrons. The lowest BCUT2D eigenvalue weighted by atomic mass is 10.1. The second-order valence-corrected chi connectivity index (χ2v) is 5.94. The van der Waals surface area contributed by atoms with E-state index in [0.29, 0.717) is 29.7 Å². The summed E-state index contributed by atoms with van der Waals surface area (Å²) in [6.07, 6.45) is 2.54. The van der Waals surface area contributed by atoms with Gasteiger partial charge in [0.2, 0.25) is 5.91 Å². The first-order valence-electron chi connectivity index (χ1n) is 7.57. The van der Waals surface area contributed by atoms with Crippen molar-refractivity contribution in [1.29, 1.82) is 0 Å². The third-order valence-electron chi connectivity index (χ3n) is 3.89. The van der Waals surface area contributed by atoms with Gasteiger partial charge in [-0.25, -0.2) is 0 Å². The Balaban J connectivity index is 0.00000264. The van der Waals surface area contributed by atoms with Gasteiger partial charge in [-0.1, -0.05) is 11.6 Å². The Labute approximate surface area is 148 Å². The molecule has 5 nitrogen and oxygen atoms in total. The van der Waals surface area contributed by atoms with Crippen molar-refractivity contribution in [3.8, 4) is 11.5 Å². The normalized spacial score (nSPS) is 19.8. The fourth-order valence-electron chi connectivity index (χ4n) is 2.75. The van der Waals surface area contributed by atoms with Gasteiger partial charge in [0.1, 0.15) is 0 Å². The lowest BCUT2D eigenvalue weighted by Gasteiger charge is -2.14. The van der Waals surface area contributed by atoms with Crippen molar-refractivity contribution in [1.82, 2.24) is 5.32 Å². The van der Waals surface area contributed by atoms with Crippen LogP contribution in [-0.2, 0) is 11.3 Å². The SMILES string of the molecule is CCOc1c(Cl)cc(CNC(=O)C2CCC(N)C2)cc1OC.Cl. The van der Waals surface area contributed by atoms with Gasteiger partial charge < -0.3 is 20.5 Å². The van der Waals surface area contributed by atoms with E-state index in [0.717, 1.165) is 24.8 Å². The van der Waals surface area contributed by atoms with E-state index in [2.05, 4.69) is 5.32 Å². The van der Waals surface area contributed by atoms with E-state index in [9.17, 15) is 4.79 Å². The van der Waals surface area contributed by atoms with Crippen LogP contribution in [0.4, 0.5) is 0 Å². The van der Waals surface area contributed by atoms with Crippen LogP contribution in [0.2, 0.25) is 5.02 Å². The fourth-order valence-corrected chi connectivity index (χ4v) is 3.04. The second kappa shape index (κ2) is 9.21. The lowest BCUT2D eigenvalue weighted by Crippen LogP contribution is -2.30. The highest BCUT2D eigenvalue weighted by atomic mass is 35.5. The van der Waals surface area contributed by atoms with Crippen LogP contribution in [-0.4, -0.2) is 25.7 Å². The largest absolute Gasteiger partial charge is 0.493 e. The molecule has 3 N–H and O–H groups in total. The van der Waals surface area contributed by atoms with Gasteiger partial charge in [-0.05, 0) is 43.9 Å². The maximum Gasteiger partial charge on any atom is 0.223 e. The standard InChI is InChI=1S/C16H23ClN2O3.ClH/c1-3-22-15-13(17)6-10(7-14(15)21-2)9-19-16(20)11-4-5-12(18)8-11;/h6-7,11-12H,3-5,8-9,18H2,1-2H3,(H,19,20);1H. The Bertz CT molecular complexity index is 540. The summed E-state index contributed by atoms with van der Waals surface area (Å²) in [7, 11) is 1.57. The molecule has 1 fully saturated rings. The van der Waals surface area contributed by atoms with E-state index in [1.807, 2.05) is 13.0 Å². The summed E-state index contributed by atoms with van der Waals surface area (Å²) in [6, 6.07) is 3.77. The number of nitrogens with two attached hydrogens (primary N) is 1. The molecular weight excluding hydrogens is 339 g/mol. The van der Waals surface area contributed by atoms with Gasteiger partial charge >= 0.3 is 0 Å². The van der Waals surface area contributed by atoms with Crippen LogP contribution in [0.25, 0.3) is 0 Å². The van der Waals surface area contributed by atoms with Gasteiger partial charge in [0.25, 0.3) is 0 Å². The summed E-state index contributed by atoms with van der Waals surface area (Å²) in [5, 5.41) is 3.42. The molecule has 2 atom stereocenters. The van der Waals surface area contributed by atoms with E-state index in [-0.39, 0.29) is 30.3 Å². The average molecular weight is 363 g/mol. The molecular formula is C16H24Cl2N2O3. The Morgan fingerprint density at radius 2 is 2.17 bits per heavy atom. The first-order chi connectivity index (χ1) is 10.5. The predicted octanol–water partition coefficient (Wildman–Crippen LogP) is 2.91. The molecule has 1 aromatic rings. The highest BCUT2D eigenvalue weighted by Crippen LogP contribution is 2.36. The zero-order valence-electron chi connectivity index (χ0n) is 13.4. The molecule has 0 saturated heterocycles. The van der Waals surface area contributed by atoms with Crippen molar-refractivity contribution < 1.29 is 14.3 Å². The highest BCUT2D eigenvalue weighted by Gasteiger charge is 2.27. The highest BCUT2D eigenvalue weighted by molar-refractivity contribution is 6.32. The third kappa shape index (κ3) is 5.16. The first kappa shape index (κ1) is 19.9.